The van der Waals surface area contributed by atoms with Gasteiger partial charge in [-0.05, 0) is 23.3 Å². The third kappa shape index (κ3) is 2.54. The summed E-state index contributed by atoms with van der Waals surface area (Å²) >= 11 is 1.87. The number of nitrogens with two attached hydrogens (primary N) is 1. The number of aromatic nitrogens is 1. The molecule has 2 heterocycles. The minimum absolute atomic E-state index is 0.0480. The van der Waals surface area contributed by atoms with Crippen molar-refractivity contribution in [3.8, 4) is 0 Å². The minimum Gasteiger partial charge on any atom is -0.481 e. The maximum absolute atomic E-state index is 10.6. The number of carboxylic acids is 1. The highest BCUT2D eigenvalue weighted by atomic mass is 32.2. The monoisotopic (exact) mass is 238 g/mol. The Balaban J connectivity index is 2.19. The van der Waals surface area contributed by atoms with Crippen LogP contribution in [-0.2, 0) is 17.0 Å². The van der Waals surface area contributed by atoms with Crippen LogP contribution >= 0.6 is 11.8 Å². The van der Waals surface area contributed by atoms with Crippen molar-refractivity contribution in [2.75, 3.05) is 5.75 Å². The lowest BCUT2D eigenvalue weighted by Gasteiger charge is -2.17. The van der Waals surface area contributed by atoms with Gasteiger partial charge >= 0.3 is 5.97 Å². The van der Waals surface area contributed by atoms with Crippen molar-refractivity contribution in [3.05, 3.63) is 29.1 Å². The van der Waals surface area contributed by atoms with Crippen molar-refractivity contribution >= 4 is 17.7 Å². The molecule has 0 aliphatic carbocycles. The van der Waals surface area contributed by atoms with Crippen molar-refractivity contribution in [2.45, 2.75) is 24.6 Å². The number of carboxylic acid groups (broad SMARTS) is 1. The van der Waals surface area contributed by atoms with E-state index in [-0.39, 0.29) is 6.42 Å². The van der Waals surface area contributed by atoms with Crippen LogP contribution in [0.3, 0.4) is 0 Å². The van der Waals surface area contributed by atoms with Gasteiger partial charge in [-0.3, -0.25) is 9.78 Å². The molecule has 2 rings (SSSR count). The van der Waals surface area contributed by atoms with Crippen LogP contribution < -0.4 is 5.73 Å². The lowest BCUT2D eigenvalue weighted by atomic mass is 10.0. The molecule has 0 bridgehead atoms. The Morgan fingerprint density at radius 3 is 3.25 bits per heavy atom. The molecule has 3 N–H and O–H groups in total. The molecule has 1 atom stereocenters. The Hall–Kier alpha value is -1.07. The van der Waals surface area contributed by atoms with Gasteiger partial charge in [-0.25, -0.2) is 0 Å². The first-order chi connectivity index (χ1) is 7.66. The summed E-state index contributed by atoms with van der Waals surface area (Å²) < 4.78 is 0. The lowest BCUT2D eigenvalue weighted by molar-refractivity contribution is -0.137. The molecular formula is C11H14N2O2S. The fourth-order valence-electron chi connectivity index (χ4n) is 1.77. The van der Waals surface area contributed by atoms with Crippen LogP contribution in [0, 0.1) is 0 Å². The SMILES string of the molecule is NC(CC(=O)O)c1cnc2c(c1)CSCC2. The predicted octanol–water partition coefficient (Wildman–Crippen LogP) is 1.35. The first-order valence-corrected chi connectivity index (χ1v) is 6.35. The molecule has 0 aromatic carbocycles. The molecular weight excluding hydrogens is 224 g/mol. The van der Waals surface area contributed by atoms with E-state index < -0.39 is 12.0 Å². The van der Waals surface area contributed by atoms with E-state index in [1.54, 1.807) is 6.20 Å². The van der Waals surface area contributed by atoms with Crippen molar-refractivity contribution in [1.29, 1.82) is 0 Å². The van der Waals surface area contributed by atoms with Crippen molar-refractivity contribution < 1.29 is 9.90 Å². The smallest absolute Gasteiger partial charge is 0.305 e. The second-order valence-electron chi connectivity index (χ2n) is 3.88. The van der Waals surface area contributed by atoms with Gasteiger partial charge in [0.1, 0.15) is 0 Å². The van der Waals surface area contributed by atoms with Gasteiger partial charge in [0.2, 0.25) is 0 Å². The second-order valence-corrected chi connectivity index (χ2v) is 4.99. The number of fused-ring (bicyclic) bond motifs is 1. The number of thioether (sulfide) groups is 1. The molecule has 1 aliphatic rings. The fraction of sp³-hybridized carbons (Fsp3) is 0.455. The summed E-state index contributed by atoms with van der Waals surface area (Å²) in [4.78, 5) is 14.9. The maximum Gasteiger partial charge on any atom is 0.305 e. The highest BCUT2D eigenvalue weighted by Gasteiger charge is 2.15. The molecule has 1 aromatic heterocycles. The topological polar surface area (TPSA) is 76.2 Å². The summed E-state index contributed by atoms with van der Waals surface area (Å²) in [6.07, 6.45) is 2.66. The van der Waals surface area contributed by atoms with Crippen LogP contribution in [0.4, 0.5) is 0 Å². The summed E-state index contributed by atoms with van der Waals surface area (Å²) in [5.74, 6) is 1.19. The third-order valence-electron chi connectivity index (χ3n) is 2.64. The molecule has 1 unspecified atom stereocenters. The molecule has 0 saturated carbocycles. The number of nitrogens with zero attached hydrogens (tertiary/aromatic N) is 1. The summed E-state index contributed by atoms with van der Waals surface area (Å²) in [6.45, 7) is 0. The Morgan fingerprint density at radius 1 is 1.69 bits per heavy atom. The number of aryl methyl sites for hydroxylation is 1. The van der Waals surface area contributed by atoms with E-state index >= 15 is 0 Å². The fourth-order valence-corrected chi connectivity index (χ4v) is 2.72. The number of hydrogen-bond donors (Lipinski definition) is 2. The molecule has 5 heteroatoms. The first-order valence-electron chi connectivity index (χ1n) is 5.19. The predicted molar refractivity (Wildman–Crippen MR) is 63.3 cm³/mol. The second kappa shape index (κ2) is 4.84. The van der Waals surface area contributed by atoms with Gasteiger partial charge in [0.25, 0.3) is 0 Å². The lowest BCUT2D eigenvalue weighted by Crippen LogP contribution is -2.16. The molecule has 1 aromatic rings. The summed E-state index contributed by atoms with van der Waals surface area (Å²) in [5, 5.41) is 8.68. The molecule has 0 radical (unpaired) electrons. The molecule has 86 valence electrons. The first kappa shape index (κ1) is 11.4. The Bertz CT molecular complexity index is 409. The van der Waals surface area contributed by atoms with E-state index in [1.807, 2.05) is 17.8 Å². The largest absolute Gasteiger partial charge is 0.481 e. The number of carbonyl (C=O) groups is 1. The Morgan fingerprint density at radius 2 is 2.50 bits per heavy atom. The zero-order chi connectivity index (χ0) is 11.5. The van der Waals surface area contributed by atoms with Crippen LogP contribution in [0.25, 0.3) is 0 Å². The van der Waals surface area contributed by atoms with Gasteiger partial charge in [-0.2, -0.15) is 11.8 Å². The average Bonchev–Trinajstić information content (AvgIpc) is 2.27. The summed E-state index contributed by atoms with van der Waals surface area (Å²) in [7, 11) is 0. The van der Waals surface area contributed by atoms with Crippen LogP contribution in [0.5, 0.6) is 0 Å². The number of hydrogen-bond acceptors (Lipinski definition) is 4. The van der Waals surface area contributed by atoms with Gasteiger partial charge < -0.3 is 10.8 Å². The van der Waals surface area contributed by atoms with Crippen molar-refractivity contribution in [1.82, 2.24) is 4.98 Å². The zero-order valence-electron chi connectivity index (χ0n) is 8.85. The van der Waals surface area contributed by atoms with Gasteiger partial charge in [0, 0.05) is 23.7 Å². The normalized spacial score (nSPS) is 16.6. The van der Waals surface area contributed by atoms with Crippen molar-refractivity contribution in [2.24, 2.45) is 5.73 Å². The van der Waals surface area contributed by atoms with E-state index in [9.17, 15) is 4.79 Å². The van der Waals surface area contributed by atoms with Crippen LogP contribution in [-0.4, -0.2) is 21.8 Å². The quantitative estimate of drug-likeness (QED) is 0.831. The van der Waals surface area contributed by atoms with E-state index in [2.05, 4.69) is 4.98 Å². The molecule has 16 heavy (non-hydrogen) atoms. The molecule has 0 saturated heterocycles. The summed E-state index contributed by atoms with van der Waals surface area (Å²) in [6, 6.07) is 1.55. The van der Waals surface area contributed by atoms with E-state index in [0.717, 1.165) is 29.2 Å². The van der Waals surface area contributed by atoms with Crippen molar-refractivity contribution in [3.63, 3.8) is 0 Å². The zero-order valence-corrected chi connectivity index (χ0v) is 9.67. The highest BCUT2D eigenvalue weighted by molar-refractivity contribution is 7.98. The van der Waals surface area contributed by atoms with Gasteiger partial charge in [0.05, 0.1) is 6.42 Å². The molecule has 4 nitrogen and oxygen atoms in total. The number of aliphatic carboxylic acids is 1. The highest BCUT2D eigenvalue weighted by Crippen LogP contribution is 2.25. The van der Waals surface area contributed by atoms with Crippen LogP contribution in [0.2, 0.25) is 0 Å². The number of rotatable bonds is 3. The van der Waals surface area contributed by atoms with Gasteiger partial charge in [0.15, 0.2) is 0 Å². The maximum atomic E-state index is 10.6. The Labute approximate surface area is 98.3 Å². The minimum atomic E-state index is -0.875. The summed E-state index contributed by atoms with van der Waals surface area (Å²) in [5.41, 5.74) is 8.96. The molecule has 0 spiro atoms. The Kier molecular flexibility index (Phi) is 3.46. The van der Waals surface area contributed by atoms with Gasteiger partial charge in [-0.1, -0.05) is 6.07 Å². The standard InChI is InChI=1S/C11H14N2O2S/c12-9(4-11(14)15)7-3-8-6-16-2-1-10(8)13-5-7/h3,5,9H,1-2,4,6,12H2,(H,14,15). The van der Waals surface area contributed by atoms with E-state index in [1.165, 1.54) is 5.56 Å². The number of pyridine rings is 1. The van der Waals surface area contributed by atoms with Crippen LogP contribution in [0.15, 0.2) is 12.3 Å². The molecule has 0 fully saturated rings. The molecule has 0 amide bonds. The average molecular weight is 238 g/mol. The van der Waals surface area contributed by atoms with E-state index in [4.69, 9.17) is 10.8 Å². The van der Waals surface area contributed by atoms with Gasteiger partial charge in [-0.15, -0.1) is 0 Å². The third-order valence-corrected chi connectivity index (χ3v) is 3.65. The molecule has 1 aliphatic heterocycles. The van der Waals surface area contributed by atoms with E-state index in [0.29, 0.717) is 0 Å². The van der Waals surface area contributed by atoms with Crippen LogP contribution in [0.1, 0.15) is 29.3 Å².